The minimum absolute atomic E-state index is 0.0441. The van der Waals surface area contributed by atoms with E-state index in [9.17, 15) is 9.59 Å². The van der Waals surface area contributed by atoms with Crippen LogP contribution in [-0.2, 0) is 23.8 Å². The molecule has 0 spiro atoms. The topological polar surface area (TPSA) is 61.8 Å². The molecule has 1 aromatic carbocycles. The lowest BCUT2D eigenvalue weighted by atomic mass is 10.1. The Hall–Kier alpha value is -1.79. The molecule has 0 N–H and O–H groups in total. The summed E-state index contributed by atoms with van der Waals surface area (Å²) in [5, 5.41) is 0. The van der Waals surface area contributed by atoms with Crippen LogP contribution in [0.2, 0.25) is 0 Å². The van der Waals surface area contributed by atoms with Crippen LogP contribution < -0.4 is 0 Å². The van der Waals surface area contributed by atoms with Gasteiger partial charge in [-0.2, -0.15) is 0 Å². The Morgan fingerprint density at radius 1 is 1.17 bits per heavy atom. The highest BCUT2D eigenvalue weighted by molar-refractivity contribution is 8.00. The second kappa shape index (κ2) is 8.17. The molecule has 124 valence electrons. The van der Waals surface area contributed by atoms with E-state index in [4.69, 9.17) is 14.2 Å². The molecule has 0 radical (unpaired) electrons. The number of carbonyl (C=O) groups is 2. The number of esters is 2. The summed E-state index contributed by atoms with van der Waals surface area (Å²) in [6, 6.07) is 8.01. The maximum atomic E-state index is 11.2. The summed E-state index contributed by atoms with van der Waals surface area (Å²) in [6.07, 6.45) is 2.57. The molecule has 0 bridgehead atoms. The Kier molecular flexibility index (Phi) is 6.24. The SMILES string of the molecule is CC(=O)OC[C@H]1OC(Sc2ccccc2C)C=C[C@@H]1OC(C)=O. The largest absolute Gasteiger partial charge is 0.463 e. The van der Waals surface area contributed by atoms with Crippen molar-refractivity contribution in [2.75, 3.05) is 6.61 Å². The Balaban J connectivity index is 2.07. The zero-order valence-corrected chi connectivity index (χ0v) is 14.2. The average Bonchev–Trinajstić information content (AvgIpc) is 2.49. The fourth-order valence-corrected chi connectivity index (χ4v) is 3.17. The van der Waals surface area contributed by atoms with Crippen LogP contribution in [0.4, 0.5) is 0 Å². The van der Waals surface area contributed by atoms with Crippen LogP contribution in [0.1, 0.15) is 19.4 Å². The molecule has 1 aromatic rings. The molecule has 1 unspecified atom stereocenters. The van der Waals surface area contributed by atoms with Crippen LogP contribution in [0.5, 0.6) is 0 Å². The second-order valence-corrected chi connectivity index (χ2v) is 6.33. The summed E-state index contributed by atoms with van der Waals surface area (Å²) in [5.74, 6) is -0.797. The highest BCUT2D eigenvalue weighted by Gasteiger charge is 2.31. The first-order valence-electron chi connectivity index (χ1n) is 7.32. The lowest BCUT2D eigenvalue weighted by Crippen LogP contribution is -2.40. The van der Waals surface area contributed by atoms with E-state index in [2.05, 4.69) is 0 Å². The molecule has 6 heteroatoms. The van der Waals surface area contributed by atoms with Crippen LogP contribution >= 0.6 is 11.8 Å². The highest BCUT2D eigenvalue weighted by Crippen LogP contribution is 2.31. The lowest BCUT2D eigenvalue weighted by molar-refractivity contribution is -0.160. The van der Waals surface area contributed by atoms with E-state index in [1.54, 1.807) is 17.8 Å². The van der Waals surface area contributed by atoms with Crippen LogP contribution in [0, 0.1) is 6.92 Å². The van der Waals surface area contributed by atoms with Crippen LogP contribution in [0.3, 0.4) is 0 Å². The molecule has 1 aliphatic heterocycles. The minimum Gasteiger partial charge on any atom is -0.463 e. The second-order valence-electron chi connectivity index (χ2n) is 5.19. The first-order valence-corrected chi connectivity index (χ1v) is 8.20. The van der Waals surface area contributed by atoms with Crippen LogP contribution in [0.25, 0.3) is 0 Å². The summed E-state index contributed by atoms with van der Waals surface area (Å²) < 4.78 is 16.2. The number of aryl methyl sites for hydroxylation is 1. The molecule has 0 aromatic heterocycles. The maximum Gasteiger partial charge on any atom is 0.303 e. The normalized spacial score (nSPS) is 23.3. The summed E-state index contributed by atoms with van der Waals surface area (Å²) in [4.78, 5) is 23.3. The summed E-state index contributed by atoms with van der Waals surface area (Å²) in [7, 11) is 0. The van der Waals surface area contributed by atoms with Crippen molar-refractivity contribution in [2.45, 2.75) is 43.3 Å². The van der Waals surface area contributed by atoms with Crippen molar-refractivity contribution >= 4 is 23.7 Å². The van der Waals surface area contributed by atoms with Gasteiger partial charge in [-0.15, -0.1) is 0 Å². The Bertz CT molecular complexity index is 598. The van der Waals surface area contributed by atoms with Crippen LogP contribution in [0.15, 0.2) is 41.3 Å². The lowest BCUT2D eigenvalue weighted by Gasteiger charge is -2.31. The van der Waals surface area contributed by atoms with Crippen molar-refractivity contribution in [1.29, 1.82) is 0 Å². The Labute approximate surface area is 140 Å². The zero-order valence-electron chi connectivity index (χ0n) is 13.4. The molecule has 0 saturated carbocycles. The summed E-state index contributed by atoms with van der Waals surface area (Å²) >= 11 is 1.56. The first-order chi connectivity index (χ1) is 11.0. The molecule has 0 saturated heterocycles. The number of hydrogen-bond donors (Lipinski definition) is 0. The van der Waals surface area contributed by atoms with Crippen molar-refractivity contribution in [3.8, 4) is 0 Å². The standard InChI is InChI=1S/C17H20O5S/c1-11-6-4-5-7-16(11)23-17-9-8-14(21-13(3)19)15(22-17)10-20-12(2)18/h4-9,14-15,17H,10H2,1-3H3/t14-,15+,17?/m0/s1. The number of benzene rings is 1. The van der Waals surface area contributed by atoms with Gasteiger partial charge in [0.15, 0.2) is 0 Å². The van der Waals surface area contributed by atoms with E-state index in [1.165, 1.54) is 13.8 Å². The van der Waals surface area contributed by atoms with Gasteiger partial charge in [0.1, 0.15) is 24.3 Å². The van der Waals surface area contributed by atoms with E-state index in [-0.39, 0.29) is 12.0 Å². The fraction of sp³-hybridized carbons (Fsp3) is 0.412. The number of hydrogen-bond acceptors (Lipinski definition) is 6. The van der Waals surface area contributed by atoms with E-state index in [1.807, 2.05) is 37.3 Å². The van der Waals surface area contributed by atoms with Crippen molar-refractivity contribution in [3.05, 3.63) is 42.0 Å². The Morgan fingerprint density at radius 3 is 2.57 bits per heavy atom. The predicted octanol–water partition coefficient (Wildman–Crippen LogP) is 2.86. The summed E-state index contributed by atoms with van der Waals surface area (Å²) in [6.45, 7) is 4.75. The third-order valence-electron chi connectivity index (χ3n) is 3.22. The van der Waals surface area contributed by atoms with Gasteiger partial charge in [0.2, 0.25) is 0 Å². The molecule has 23 heavy (non-hydrogen) atoms. The Morgan fingerprint density at radius 2 is 1.91 bits per heavy atom. The van der Waals surface area contributed by atoms with Gasteiger partial charge in [-0.05, 0) is 30.7 Å². The zero-order chi connectivity index (χ0) is 16.8. The van der Waals surface area contributed by atoms with Crippen molar-refractivity contribution in [2.24, 2.45) is 0 Å². The third kappa shape index (κ3) is 5.41. The van der Waals surface area contributed by atoms with Gasteiger partial charge in [-0.1, -0.05) is 30.0 Å². The van der Waals surface area contributed by atoms with Gasteiger partial charge < -0.3 is 14.2 Å². The van der Waals surface area contributed by atoms with E-state index in [0.29, 0.717) is 0 Å². The van der Waals surface area contributed by atoms with Gasteiger partial charge in [-0.25, -0.2) is 0 Å². The molecule has 3 atom stereocenters. The first kappa shape index (κ1) is 17.6. The van der Waals surface area contributed by atoms with E-state index >= 15 is 0 Å². The van der Waals surface area contributed by atoms with Gasteiger partial charge in [0.05, 0.1) is 0 Å². The van der Waals surface area contributed by atoms with Gasteiger partial charge in [0.25, 0.3) is 0 Å². The van der Waals surface area contributed by atoms with Gasteiger partial charge in [-0.3, -0.25) is 9.59 Å². The van der Waals surface area contributed by atoms with Crippen molar-refractivity contribution in [3.63, 3.8) is 0 Å². The number of carbonyl (C=O) groups excluding carboxylic acids is 2. The summed E-state index contributed by atoms with van der Waals surface area (Å²) in [5.41, 5.74) is 0.927. The molecule has 2 rings (SSSR count). The van der Waals surface area contributed by atoms with E-state index < -0.39 is 24.1 Å². The van der Waals surface area contributed by atoms with Crippen molar-refractivity contribution < 1.29 is 23.8 Å². The molecule has 0 fully saturated rings. The molecule has 1 heterocycles. The maximum absolute atomic E-state index is 11.2. The molecule has 0 amide bonds. The van der Waals surface area contributed by atoms with Gasteiger partial charge in [0, 0.05) is 18.7 Å². The monoisotopic (exact) mass is 336 g/mol. The quantitative estimate of drug-likeness (QED) is 0.609. The molecule has 0 aliphatic carbocycles. The minimum atomic E-state index is -0.555. The van der Waals surface area contributed by atoms with Crippen molar-refractivity contribution in [1.82, 2.24) is 0 Å². The van der Waals surface area contributed by atoms with E-state index in [0.717, 1.165) is 10.5 Å². The highest BCUT2D eigenvalue weighted by atomic mass is 32.2. The molecule has 1 aliphatic rings. The average molecular weight is 336 g/mol. The molecule has 5 nitrogen and oxygen atoms in total. The number of rotatable bonds is 5. The molecular weight excluding hydrogens is 316 g/mol. The van der Waals surface area contributed by atoms with Gasteiger partial charge >= 0.3 is 11.9 Å². The third-order valence-corrected chi connectivity index (χ3v) is 4.44. The number of thioether (sulfide) groups is 1. The smallest absolute Gasteiger partial charge is 0.303 e. The van der Waals surface area contributed by atoms with Crippen LogP contribution in [-0.4, -0.2) is 36.2 Å². The fourth-order valence-electron chi connectivity index (χ4n) is 2.14. The predicted molar refractivity (Wildman–Crippen MR) is 87.0 cm³/mol. The number of ether oxygens (including phenoxy) is 3. The molecular formula is C17H20O5S.